The van der Waals surface area contributed by atoms with E-state index in [2.05, 4.69) is 22.0 Å². The summed E-state index contributed by atoms with van der Waals surface area (Å²) in [6.07, 6.45) is 3.32. The number of benzene rings is 2. The van der Waals surface area contributed by atoms with E-state index in [0.717, 1.165) is 65.5 Å². The maximum atomic E-state index is 13.7. The van der Waals surface area contributed by atoms with E-state index < -0.39 is 0 Å². The van der Waals surface area contributed by atoms with Crippen LogP contribution in [0.1, 0.15) is 37.8 Å². The van der Waals surface area contributed by atoms with Gasteiger partial charge in [-0.1, -0.05) is 24.3 Å². The Bertz CT molecular complexity index is 1140. The lowest BCUT2D eigenvalue weighted by Gasteiger charge is -2.35. The highest BCUT2D eigenvalue weighted by atomic mass is 16.5. The first kappa shape index (κ1) is 18.7. The normalized spacial score (nSPS) is 18.9. The van der Waals surface area contributed by atoms with Crippen LogP contribution in [0.2, 0.25) is 0 Å². The molecule has 1 atom stereocenters. The van der Waals surface area contributed by atoms with Gasteiger partial charge in [0.1, 0.15) is 5.75 Å². The Kier molecular flexibility index (Phi) is 4.69. The molecule has 1 amide bonds. The van der Waals surface area contributed by atoms with Gasteiger partial charge in [-0.25, -0.2) is 4.98 Å². The lowest BCUT2D eigenvalue weighted by atomic mass is 9.93. The van der Waals surface area contributed by atoms with Crippen molar-refractivity contribution in [1.82, 2.24) is 14.5 Å². The molecule has 0 radical (unpaired) electrons. The zero-order chi connectivity index (χ0) is 20.7. The molecule has 0 spiro atoms. The molecule has 3 heterocycles. The fourth-order valence-electron chi connectivity index (χ4n) is 4.64. The average molecular weight is 402 g/mol. The van der Waals surface area contributed by atoms with E-state index in [0.29, 0.717) is 0 Å². The van der Waals surface area contributed by atoms with Gasteiger partial charge in [0.15, 0.2) is 0 Å². The largest absolute Gasteiger partial charge is 0.497 e. The number of hydrogen-bond donors (Lipinski definition) is 1. The number of nitrogens with one attached hydrogen (secondary N) is 1. The van der Waals surface area contributed by atoms with Crippen LogP contribution in [-0.4, -0.2) is 40.6 Å². The second-order valence-electron chi connectivity index (χ2n) is 7.99. The number of piperidine rings is 1. The van der Waals surface area contributed by atoms with Gasteiger partial charge >= 0.3 is 0 Å². The van der Waals surface area contributed by atoms with Gasteiger partial charge in [0.05, 0.1) is 29.8 Å². The summed E-state index contributed by atoms with van der Waals surface area (Å²) < 4.78 is 7.64. The van der Waals surface area contributed by atoms with E-state index in [9.17, 15) is 4.79 Å². The van der Waals surface area contributed by atoms with Crippen LogP contribution in [0.4, 0.5) is 5.95 Å². The first-order valence-corrected chi connectivity index (χ1v) is 10.6. The van der Waals surface area contributed by atoms with Crippen molar-refractivity contribution in [3.8, 4) is 5.75 Å². The van der Waals surface area contributed by atoms with Crippen LogP contribution in [0.5, 0.6) is 5.75 Å². The Labute approximate surface area is 176 Å². The quantitative estimate of drug-likeness (QED) is 0.708. The van der Waals surface area contributed by atoms with Gasteiger partial charge in [0.2, 0.25) is 5.95 Å². The van der Waals surface area contributed by atoms with E-state index in [1.165, 1.54) is 6.42 Å². The number of allylic oxidation sites excluding steroid dienone is 1. The number of ether oxygens (including phenoxy) is 1. The van der Waals surface area contributed by atoms with Crippen LogP contribution in [-0.2, 0) is 4.79 Å². The summed E-state index contributed by atoms with van der Waals surface area (Å²) in [4.78, 5) is 20.5. The number of methoxy groups -OCH3 is 1. The molecule has 1 saturated heterocycles. The number of para-hydroxylation sites is 2. The van der Waals surface area contributed by atoms with Crippen LogP contribution in [0.15, 0.2) is 59.8 Å². The van der Waals surface area contributed by atoms with E-state index >= 15 is 0 Å². The molecule has 2 aliphatic heterocycles. The van der Waals surface area contributed by atoms with Crippen molar-refractivity contribution in [2.24, 2.45) is 0 Å². The number of likely N-dealkylation sites (tertiary alicyclic amines) is 1. The molecule has 1 fully saturated rings. The van der Waals surface area contributed by atoms with E-state index in [1.54, 1.807) is 7.11 Å². The number of amides is 1. The summed E-state index contributed by atoms with van der Waals surface area (Å²) in [6, 6.07) is 15.8. The third-order valence-electron chi connectivity index (χ3n) is 6.11. The van der Waals surface area contributed by atoms with Crippen molar-refractivity contribution in [2.45, 2.75) is 32.2 Å². The van der Waals surface area contributed by atoms with Crippen LogP contribution < -0.4 is 10.1 Å². The van der Waals surface area contributed by atoms with Gasteiger partial charge in [0, 0.05) is 18.8 Å². The third-order valence-corrected chi connectivity index (χ3v) is 6.11. The monoisotopic (exact) mass is 402 g/mol. The Balaban J connectivity index is 1.70. The molecule has 154 valence electrons. The first-order chi connectivity index (χ1) is 14.7. The summed E-state index contributed by atoms with van der Waals surface area (Å²) >= 11 is 0. The fourth-order valence-corrected chi connectivity index (χ4v) is 4.64. The Morgan fingerprint density at radius 2 is 1.90 bits per heavy atom. The van der Waals surface area contributed by atoms with Crippen LogP contribution >= 0.6 is 0 Å². The van der Waals surface area contributed by atoms with Crippen molar-refractivity contribution in [3.05, 3.63) is 65.4 Å². The topological polar surface area (TPSA) is 59.4 Å². The number of fused-ring (bicyclic) bond motifs is 3. The standard InChI is InChI=1S/C24H26N4O2/c1-16-21(23(29)27-13-6-3-7-14-27)22(17-9-8-10-18(15-17)30-2)28-20-12-5-4-11-19(20)26-24(28)25-16/h4-5,8-12,15,22H,3,6-7,13-14H2,1-2H3,(H,25,26)/t22-/m0/s1. The number of anilines is 1. The molecule has 2 aliphatic rings. The highest BCUT2D eigenvalue weighted by Crippen LogP contribution is 2.40. The zero-order valence-electron chi connectivity index (χ0n) is 17.4. The summed E-state index contributed by atoms with van der Waals surface area (Å²) in [6.45, 7) is 3.61. The molecule has 0 unspecified atom stereocenters. The van der Waals surface area contributed by atoms with E-state index in [-0.39, 0.29) is 11.9 Å². The highest BCUT2D eigenvalue weighted by Gasteiger charge is 2.36. The number of rotatable bonds is 3. The first-order valence-electron chi connectivity index (χ1n) is 10.6. The lowest BCUT2D eigenvalue weighted by molar-refractivity contribution is -0.128. The SMILES string of the molecule is COc1cccc([C@H]2C(C(=O)N3CCCCC3)=C(C)Nc3nc4ccccc4n32)c1. The molecule has 6 nitrogen and oxygen atoms in total. The second kappa shape index (κ2) is 7.52. The molecule has 5 rings (SSSR count). The van der Waals surface area contributed by atoms with Crippen molar-refractivity contribution >= 4 is 22.9 Å². The maximum absolute atomic E-state index is 13.7. The minimum absolute atomic E-state index is 0.107. The van der Waals surface area contributed by atoms with Gasteiger partial charge in [-0.05, 0) is 56.0 Å². The second-order valence-corrected chi connectivity index (χ2v) is 7.99. The summed E-state index contributed by atoms with van der Waals surface area (Å²) in [7, 11) is 1.67. The Morgan fingerprint density at radius 1 is 1.10 bits per heavy atom. The smallest absolute Gasteiger partial charge is 0.254 e. The van der Waals surface area contributed by atoms with Crippen LogP contribution in [0.25, 0.3) is 11.0 Å². The van der Waals surface area contributed by atoms with Crippen LogP contribution in [0, 0.1) is 0 Å². The number of carbonyl (C=O) groups excluding carboxylic acids is 1. The number of aromatic nitrogens is 2. The molecule has 6 heteroatoms. The van der Waals surface area contributed by atoms with Gasteiger partial charge in [-0.15, -0.1) is 0 Å². The Hall–Kier alpha value is -3.28. The fraction of sp³-hybridized carbons (Fsp3) is 0.333. The molecule has 1 N–H and O–H groups in total. The number of carbonyl (C=O) groups is 1. The predicted molar refractivity (Wildman–Crippen MR) is 118 cm³/mol. The van der Waals surface area contributed by atoms with Gasteiger partial charge < -0.3 is 15.0 Å². The molecule has 0 aliphatic carbocycles. The van der Waals surface area contributed by atoms with Gasteiger partial charge in [0.25, 0.3) is 5.91 Å². The molecule has 2 aromatic carbocycles. The Morgan fingerprint density at radius 3 is 2.70 bits per heavy atom. The van der Waals surface area contributed by atoms with E-state index in [4.69, 9.17) is 9.72 Å². The van der Waals surface area contributed by atoms with Gasteiger partial charge in [-0.2, -0.15) is 0 Å². The minimum atomic E-state index is -0.266. The summed E-state index contributed by atoms with van der Waals surface area (Å²) in [5, 5.41) is 3.40. The molecule has 0 bridgehead atoms. The average Bonchev–Trinajstić information content (AvgIpc) is 3.16. The maximum Gasteiger partial charge on any atom is 0.254 e. The van der Waals surface area contributed by atoms with Crippen LogP contribution in [0.3, 0.4) is 0 Å². The number of imidazole rings is 1. The van der Waals surface area contributed by atoms with Crippen molar-refractivity contribution in [2.75, 3.05) is 25.5 Å². The van der Waals surface area contributed by atoms with Crippen molar-refractivity contribution in [1.29, 1.82) is 0 Å². The van der Waals surface area contributed by atoms with E-state index in [1.807, 2.05) is 48.2 Å². The molecular formula is C24H26N4O2. The highest BCUT2D eigenvalue weighted by molar-refractivity contribution is 5.98. The molecule has 1 aromatic heterocycles. The van der Waals surface area contributed by atoms with Crippen molar-refractivity contribution < 1.29 is 9.53 Å². The summed E-state index contributed by atoms with van der Waals surface area (Å²) in [5.41, 5.74) is 4.57. The third kappa shape index (κ3) is 3.03. The molecular weight excluding hydrogens is 376 g/mol. The van der Waals surface area contributed by atoms with Gasteiger partial charge in [-0.3, -0.25) is 9.36 Å². The number of nitrogens with zero attached hydrogens (tertiary/aromatic N) is 3. The predicted octanol–water partition coefficient (Wildman–Crippen LogP) is 4.35. The van der Waals surface area contributed by atoms with Crippen molar-refractivity contribution in [3.63, 3.8) is 0 Å². The minimum Gasteiger partial charge on any atom is -0.497 e. The number of hydrogen-bond acceptors (Lipinski definition) is 4. The molecule has 0 saturated carbocycles. The zero-order valence-corrected chi connectivity index (χ0v) is 17.4. The molecule has 30 heavy (non-hydrogen) atoms. The lowest BCUT2D eigenvalue weighted by Crippen LogP contribution is -2.40. The molecule has 3 aromatic rings. The summed E-state index contributed by atoms with van der Waals surface area (Å²) in [5.74, 6) is 1.65.